The van der Waals surface area contributed by atoms with Gasteiger partial charge in [0, 0.05) is 51.2 Å². The Hall–Kier alpha value is -4.03. The first-order chi connectivity index (χ1) is 20.0. The number of carbonyl (C=O) groups is 2. The van der Waals surface area contributed by atoms with Crippen LogP contribution in [0.3, 0.4) is 0 Å². The minimum atomic E-state index is -4.13. The van der Waals surface area contributed by atoms with Gasteiger partial charge in [-0.1, -0.05) is 19.1 Å². The highest BCUT2D eigenvalue weighted by Crippen LogP contribution is 2.28. The molecule has 0 bridgehead atoms. The maximum Gasteiger partial charge on any atom is 0.261 e. The number of halogens is 1. The number of benzene rings is 2. The molecular weight excluding hydrogens is 563 g/mol. The van der Waals surface area contributed by atoms with E-state index in [1.54, 1.807) is 37.5 Å². The largest absolute Gasteiger partial charge is 0.491 e. The molecule has 42 heavy (non-hydrogen) atoms. The SMILES string of the molecule is CO[C@@H]1CN(C)C(=O)c2cc(NS(=O)(=O)c3cccc(F)c3)ccc2OC[C@@H](C)N(C(=O)Cc2cccnc2)C[C@H]1C. The molecule has 0 aliphatic carbocycles. The van der Waals surface area contributed by atoms with Gasteiger partial charge in [-0.2, -0.15) is 0 Å². The van der Waals surface area contributed by atoms with Crippen LogP contribution in [0.1, 0.15) is 29.8 Å². The molecule has 0 fully saturated rings. The van der Waals surface area contributed by atoms with Crippen LogP contribution in [0.15, 0.2) is 71.9 Å². The van der Waals surface area contributed by atoms with Crippen LogP contribution >= 0.6 is 0 Å². The first-order valence-electron chi connectivity index (χ1n) is 13.5. The summed E-state index contributed by atoms with van der Waals surface area (Å²) < 4.78 is 53.7. The fraction of sp³-hybridized carbons (Fsp3) is 0.367. The van der Waals surface area contributed by atoms with E-state index in [0.717, 1.165) is 17.7 Å². The van der Waals surface area contributed by atoms with Gasteiger partial charge < -0.3 is 19.3 Å². The normalized spacial score (nSPS) is 20.1. The highest BCUT2D eigenvalue weighted by atomic mass is 32.2. The molecule has 224 valence electrons. The molecule has 1 aliphatic heterocycles. The van der Waals surface area contributed by atoms with E-state index in [2.05, 4.69) is 9.71 Å². The van der Waals surface area contributed by atoms with Crippen molar-refractivity contribution in [3.05, 3.63) is 83.9 Å². The lowest BCUT2D eigenvalue weighted by molar-refractivity contribution is -0.134. The van der Waals surface area contributed by atoms with E-state index in [9.17, 15) is 22.4 Å². The molecular formula is C30H35FN4O6S. The third kappa shape index (κ3) is 7.42. The van der Waals surface area contributed by atoms with Crippen LogP contribution in [-0.4, -0.2) is 81.0 Å². The molecule has 0 unspecified atom stereocenters. The van der Waals surface area contributed by atoms with Crippen LogP contribution in [0.5, 0.6) is 5.75 Å². The number of fused-ring (bicyclic) bond motifs is 1. The summed E-state index contributed by atoms with van der Waals surface area (Å²) in [5.41, 5.74) is 1.02. The van der Waals surface area contributed by atoms with Crippen molar-refractivity contribution < 1.29 is 31.9 Å². The summed E-state index contributed by atoms with van der Waals surface area (Å²) in [6.07, 6.45) is 3.09. The Morgan fingerprint density at radius 1 is 1.14 bits per heavy atom. The number of carbonyl (C=O) groups excluding carboxylic acids is 2. The van der Waals surface area contributed by atoms with E-state index in [1.165, 1.54) is 35.2 Å². The molecule has 10 nitrogen and oxygen atoms in total. The number of nitrogens with one attached hydrogen (secondary N) is 1. The highest BCUT2D eigenvalue weighted by Gasteiger charge is 2.30. The summed E-state index contributed by atoms with van der Waals surface area (Å²) in [5, 5.41) is 0. The first kappa shape index (κ1) is 30.9. The predicted octanol–water partition coefficient (Wildman–Crippen LogP) is 3.60. The second-order valence-corrected chi connectivity index (χ2v) is 12.1. The quantitative estimate of drug-likeness (QED) is 0.461. The Balaban J connectivity index is 1.65. The molecule has 4 rings (SSSR count). The van der Waals surface area contributed by atoms with Gasteiger partial charge in [-0.05, 0) is 55.0 Å². The standard InChI is InChI=1S/C30H35FN4O6S/c1-20-17-35(29(36)13-22-7-6-12-32-16-22)21(2)19-41-27-11-10-24(15-26(27)30(37)34(3)18-28(20)40-4)33-42(38,39)25-9-5-8-23(31)14-25/h5-12,14-16,20-21,28,33H,13,17-19H2,1-4H3/t20-,21-,28-/m1/s1. The Labute approximate surface area is 245 Å². The van der Waals surface area contributed by atoms with Crippen LogP contribution in [0.25, 0.3) is 0 Å². The van der Waals surface area contributed by atoms with Gasteiger partial charge in [0.25, 0.3) is 15.9 Å². The van der Waals surface area contributed by atoms with Crippen LogP contribution in [-0.2, 0) is 26.0 Å². The number of aromatic nitrogens is 1. The number of ether oxygens (including phenoxy) is 2. The van der Waals surface area contributed by atoms with Crippen molar-refractivity contribution in [3.8, 4) is 5.75 Å². The fourth-order valence-electron chi connectivity index (χ4n) is 4.81. The van der Waals surface area contributed by atoms with E-state index in [4.69, 9.17) is 9.47 Å². The lowest BCUT2D eigenvalue weighted by Crippen LogP contribution is -2.49. The molecule has 0 saturated heterocycles. The number of methoxy groups -OCH3 is 1. The van der Waals surface area contributed by atoms with Gasteiger partial charge in [0.05, 0.1) is 29.0 Å². The molecule has 12 heteroatoms. The molecule has 3 atom stereocenters. The van der Waals surface area contributed by atoms with Crippen LogP contribution in [0.4, 0.5) is 10.1 Å². The van der Waals surface area contributed by atoms with Gasteiger partial charge in [-0.25, -0.2) is 12.8 Å². The molecule has 0 spiro atoms. The number of amides is 2. The molecule has 2 heterocycles. The molecule has 1 aromatic heterocycles. The number of nitrogens with zero attached hydrogens (tertiary/aromatic N) is 3. The molecule has 1 aliphatic rings. The highest BCUT2D eigenvalue weighted by molar-refractivity contribution is 7.92. The molecule has 2 aromatic carbocycles. The number of hydrogen-bond donors (Lipinski definition) is 1. The average Bonchev–Trinajstić information content (AvgIpc) is 2.97. The van der Waals surface area contributed by atoms with Gasteiger partial charge >= 0.3 is 0 Å². The smallest absolute Gasteiger partial charge is 0.261 e. The van der Waals surface area contributed by atoms with Gasteiger partial charge in [-0.15, -0.1) is 0 Å². The average molecular weight is 599 g/mol. The number of rotatable bonds is 6. The van der Waals surface area contributed by atoms with Crippen molar-refractivity contribution in [2.45, 2.75) is 37.3 Å². The van der Waals surface area contributed by atoms with Crippen molar-refractivity contribution in [2.75, 3.05) is 38.6 Å². The maximum atomic E-state index is 13.7. The fourth-order valence-corrected chi connectivity index (χ4v) is 5.90. The second-order valence-electron chi connectivity index (χ2n) is 10.5. The Morgan fingerprint density at radius 3 is 2.62 bits per heavy atom. The van der Waals surface area contributed by atoms with E-state index < -0.39 is 27.9 Å². The van der Waals surface area contributed by atoms with E-state index >= 15 is 0 Å². The summed E-state index contributed by atoms with van der Waals surface area (Å²) in [6, 6.07) is 12.3. The van der Waals surface area contributed by atoms with Crippen LogP contribution < -0.4 is 9.46 Å². The minimum absolute atomic E-state index is 0.0848. The van der Waals surface area contributed by atoms with E-state index in [-0.39, 0.29) is 59.3 Å². The maximum absolute atomic E-state index is 13.7. The number of sulfonamides is 1. The molecule has 0 radical (unpaired) electrons. The predicted molar refractivity (Wildman–Crippen MR) is 155 cm³/mol. The van der Waals surface area contributed by atoms with Gasteiger partial charge in [0.1, 0.15) is 18.2 Å². The Kier molecular flexibility index (Phi) is 9.79. The number of pyridine rings is 1. The van der Waals surface area contributed by atoms with Gasteiger partial charge in [0.15, 0.2) is 0 Å². The monoisotopic (exact) mass is 598 g/mol. The number of likely N-dealkylation sites (N-methyl/N-ethyl adjacent to an activating group) is 1. The Morgan fingerprint density at radius 2 is 1.93 bits per heavy atom. The number of anilines is 1. The van der Waals surface area contributed by atoms with Gasteiger partial charge in [0.2, 0.25) is 5.91 Å². The summed E-state index contributed by atoms with van der Waals surface area (Å²) >= 11 is 0. The lowest BCUT2D eigenvalue weighted by Gasteiger charge is -2.36. The molecule has 0 saturated carbocycles. The summed E-state index contributed by atoms with van der Waals surface area (Å²) in [7, 11) is -0.948. The van der Waals surface area contributed by atoms with E-state index in [1.807, 2.05) is 19.9 Å². The zero-order valence-electron chi connectivity index (χ0n) is 24.0. The van der Waals surface area contributed by atoms with Crippen LogP contribution in [0, 0.1) is 11.7 Å². The Bertz CT molecular complexity index is 1520. The topological polar surface area (TPSA) is 118 Å². The molecule has 3 aromatic rings. The van der Waals surface area contributed by atoms with Crippen molar-refractivity contribution in [1.82, 2.24) is 14.8 Å². The van der Waals surface area contributed by atoms with E-state index in [0.29, 0.717) is 6.54 Å². The summed E-state index contributed by atoms with van der Waals surface area (Å²) in [5.74, 6) is -1.08. The first-order valence-corrected chi connectivity index (χ1v) is 15.0. The van der Waals surface area contributed by atoms with Crippen molar-refractivity contribution in [1.29, 1.82) is 0 Å². The zero-order chi connectivity index (χ0) is 30.4. The number of hydrogen-bond acceptors (Lipinski definition) is 7. The summed E-state index contributed by atoms with van der Waals surface area (Å²) in [6.45, 7) is 4.52. The van der Waals surface area contributed by atoms with Crippen LogP contribution in [0.2, 0.25) is 0 Å². The minimum Gasteiger partial charge on any atom is -0.491 e. The third-order valence-electron chi connectivity index (χ3n) is 7.20. The molecule has 1 N–H and O–H groups in total. The second kappa shape index (κ2) is 13.3. The third-order valence-corrected chi connectivity index (χ3v) is 8.58. The summed E-state index contributed by atoms with van der Waals surface area (Å²) in [4.78, 5) is 34.2. The van der Waals surface area contributed by atoms with Gasteiger partial charge in [-0.3, -0.25) is 19.3 Å². The van der Waals surface area contributed by atoms with Crippen molar-refractivity contribution in [2.24, 2.45) is 5.92 Å². The van der Waals surface area contributed by atoms with Crippen molar-refractivity contribution in [3.63, 3.8) is 0 Å². The zero-order valence-corrected chi connectivity index (χ0v) is 24.8. The van der Waals surface area contributed by atoms with Crippen molar-refractivity contribution >= 4 is 27.5 Å². The molecule has 2 amide bonds. The lowest BCUT2D eigenvalue weighted by atomic mass is 10.0.